The van der Waals surface area contributed by atoms with Gasteiger partial charge in [0.2, 0.25) is 5.91 Å². The molecular formula is C14H15F3N2O5S. The zero-order valence-corrected chi connectivity index (χ0v) is 13.9. The molecule has 1 atom stereocenters. The van der Waals surface area contributed by atoms with Crippen LogP contribution in [0.3, 0.4) is 0 Å². The van der Waals surface area contributed by atoms with Gasteiger partial charge in [-0.3, -0.25) is 9.59 Å². The number of carbonyl (C=O) groups is 2. The van der Waals surface area contributed by atoms with Gasteiger partial charge in [0.05, 0.1) is 17.2 Å². The van der Waals surface area contributed by atoms with Crippen molar-refractivity contribution in [2.24, 2.45) is 11.7 Å². The normalized spacial score (nSPS) is 24.3. The van der Waals surface area contributed by atoms with Gasteiger partial charge in [0.25, 0.3) is 5.91 Å². The van der Waals surface area contributed by atoms with Gasteiger partial charge in [-0.15, -0.1) is 0 Å². The standard InChI is InChI=1S/C14H15F3N2O5S/c1-7-10(9(4-24-7)14(15,16)17)12(21)19-5-13(6-19)8(11(18)20)2-3-25(13,22)23/h4,8H,2-3,5-6H2,1H3,(H2,18,20). The zero-order valence-electron chi connectivity index (χ0n) is 13.1. The number of hydrogen-bond donors (Lipinski definition) is 1. The lowest BCUT2D eigenvalue weighted by molar-refractivity contribution is -0.138. The highest BCUT2D eigenvalue weighted by Gasteiger charge is 2.64. The Kier molecular flexibility index (Phi) is 3.72. The molecule has 0 saturated carbocycles. The Bertz CT molecular complexity index is 852. The number of amides is 2. The van der Waals surface area contributed by atoms with E-state index in [1.807, 2.05) is 0 Å². The molecule has 2 amide bonds. The van der Waals surface area contributed by atoms with E-state index in [1.54, 1.807) is 0 Å². The molecule has 7 nitrogen and oxygen atoms in total. The van der Waals surface area contributed by atoms with E-state index in [1.165, 1.54) is 6.92 Å². The first-order chi connectivity index (χ1) is 11.4. The van der Waals surface area contributed by atoms with E-state index in [0.717, 1.165) is 4.90 Å². The third-order valence-corrected chi connectivity index (χ3v) is 7.53. The number of nitrogens with zero attached hydrogens (tertiary/aromatic N) is 1. The summed E-state index contributed by atoms with van der Waals surface area (Å²) in [5, 5.41) is 0. The number of alkyl halides is 3. The van der Waals surface area contributed by atoms with Crippen molar-refractivity contribution in [1.29, 1.82) is 0 Å². The summed E-state index contributed by atoms with van der Waals surface area (Å²) in [5.74, 6) is -3.16. The number of halogens is 3. The van der Waals surface area contributed by atoms with Gasteiger partial charge < -0.3 is 15.1 Å². The summed E-state index contributed by atoms with van der Waals surface area (Å²) < 4.78 is 66.8. The zero-order chi connectivity index (χ0) is 18.8. The number of likely N-dealkylation sites (tertiary alicyclic amines) is 1. The molecule has 2 saturated heterocycles. The van der Waals surface area contributed by atoms with E-state index in [0.29, 0.717) is 6.26 Å². The molecule has 0 bridgehead atoms. The number of nitrogens with two attached hydrogens (primary N) is 1. The van der Waals surface area contributed by atoms with Gasteiger partial charge in [-0.05, 0) is 13.3 Å². The van der Waals surface area contributed by atoms with Crippen LogP contribution in [0.1, 0.15) is 28.1 Å². The second kappa shape index (κ2) is 5.23. The third kappa shape index (κ3) is 2.43. The monoisotopic (exact) mass is 380 g/mol. The van der Waals surface area contributed by atoms with Crippen molar-refractivity contribution < 1.29 is 35.6 Å². The maximum absolute atomic E-state index is 13.0. The van der Waals surface area contributed by atoms with Crippen LogP contribution in [-0.2, 0) is 20.8 Å². The SMILES string of the molecule is Cc1occ(C(F)(F)F)c1C(=O)N1CC2(C1)C(C(N)=O)CCS2(=O)=O. The van der Waals surface area contributed by atoms with Crippen molar-refractivity contribution in [1.82, 2.24) is 4.90 Å². The second-order valence-electron chi connectivity index (χ2n) is 6.37. The van der Waals surface area contributed by atoms with Crippen molar-refractivity contribution in [3.05, 3.63) is 23.2 Å². The molecule has 1 spiro atoms. The van der Waals surface area contributed by atoms with Crippen molar-refractivity contribution >= 4 is 21.7 Å². The Balaban J connectivity index is 1.90. The maximum atomic E-state index is 13.0. The number of furan rings is 1. The minimum absolute atomic E-state index is 0.0538. The fraction of sp³-hybridized carbons (Fsp3) is 0.571. The van der Waals surface area contributed by atoms with E-state index >= 15 is 0 Å². The van der Waals surface area contributed by atoms with Gasteiger partial charge in [0.1, 0.15) is 22.3 Å². The molecule has 2 aliphatic heterocycles. The summed E-state index contributed by atoms with van der Waals surface area (Å²) in [4.78, 5) is 25.0. The van der Waals surface area contributed by atoms with Crippen LogP contribution in [0, 0.1) is 12.8 Å². The molecule has 3 rings (SSSR count). The highest BCUT2D eigenvalue weighted by Crippen LogP contribution is 2.46. The summed E-state index contributed by atoms with van der Waals surface area (Å²) >= 11 is 0. The number of primary amides is 1. The fourth-order valence-corrected chi connectivity index (χ4v) is 5.93. The number of hydrogen-bond acceptors (Lipinski definition) is 5. The Morgan fingerprint density at radius 3 is 2.48 bits per heavy atom. The van der Waals surface area contributed by atoms with Crippen LogP contribution in [-0.4, -0.2) is 48.7 Å². The Morgan fingerprint density at radius 1 is 1.36 bits per heavy atom. The van der Waals surface area contributed by atoms with E-state index in [9.17, 15) is 31.2 Å². The van der Waals surface area contributed by atoms with Crippen LogP contribution in [0.25, 0.3) is 0 Å². The van der Waals surface area contributed by atoms with Gasteiger partial charge in [-0.25, -0.2) is 8.42 Å². The molecule has 0 aliphatic carbocycles. The smallest absolute Gasteiger partial charge is 0.420 e. The maximum Gasteiger partial charge on any atom is 0.420 e. The second-order valence-corrected chi connectivity index (χ2v) is 8.82. The largest absolute Gasteiger partial charge is 0.468 e. The Morgan fingerprint density at radius 2 is 1.96 bits per heavy atom. The molecule has 2 aliphatic rings. The van der Waals surface area contributed by atoms with Crippen LogP contribution in [0.5, 0.6) is 0 Å². The Labute approximate surface area is 140 Å². The lowest BCUT2D eigenvalue weighted by atomic mass is 9.82. The van der Waals surface area contributed by atoms with Gasteiger partial charge in [0, 0.05) is 13.1 Å². The summed E-state index contributed by atoms with van der Waals surface area (Å²) in [6.07, 6.45) is -4.27. The van der Waals surface area contributed by atoms with Crippen LogP contribution in [0.4, 0.5) is 13.2 Å². The average Bonchev–Trinajstić information content (AvgIpc) is 2.93. The molecule has 3 heterocycles. The van der Waals surface area contributed by atoms with Gasteiger partial charge in [0.15, 0.2) is 9.84 Å². The first-order valence-corrected chi connectivity index (χ1v) is 9.02. The summed E-state index contributed by atoms with van der Waals surface area (Å²) in [7, 11) is -3.67. The number of aryl methyl sites for hydroxylation is 1. The van der Waals surface area contributed by atoms with Gasteiger partial charge >= 0.3 is 6.18 Å². The van der Waals surface area contributed by atoms with E-state index in [-0.39, 0.29) is 31.0 Å². The van der Waals surface area contributed by atoms with Crippen molar-refractivity contribution in [3.8, 4) is 0 Å². The van der Waals surface area contributed by atoms with Crippen LogP contribution in [0.15, 0.2) is 10.7 Å². The Hall–Kier alpha value is -2.04. The van der Waals surface area contributed by atoms with Crippen LogP contribution in [0.2, 0.25) is 0 Å². The minimum Gasteiger partial charge on any atom is -0.468 e. The predicted octanol–water partition coefficient (Wildman–Crippen LogP) is 0.721. The lowest BCUT2D eigenvalue weighted by Crippen LogP contribution is -2.69. The van der Waals surface area contributed by atoms with Crippen LogP contribution >= 0.6 is 0 Å². The first kappa shape index (κ1) is 17.8. The van der Waals surface area contributed by atoms with E-state index in [2.05, 4.69) is 0 Å². The van der Waals surface area contributed by atoms with Crippen molar-refractivity contribution in [2.45, 2.75) is 24.3 Å². The summed E-state index contributed by atoms with van der Waals surface area (Å²) in [6, 6.07) is 0. The highest BCUT2D eigenvalue weighted by molar-refractivity contribution is 7.93. The molecule has 0 radical (unpaired) electrons. The molecule has 138 valence electrons. The molecule has 2 fully saturated rings. The molecule has 1 aromatic heterocycles. The van der Waals surface area contributed by atoms with Crippen molar-refractivity contribution in [2.75, 3.05) is 18.8 Å². The number of rotatable bonds is 2. The van der Waals surface area contributed by atoms with Gasteiger partial charge in [-0.1, -0.05) is 0 Å². The third-order valence-electron chi connectivity index (χ3n) is 4.97. The average molecular weight is 380 g/mol. The van der Waals surface area contributed by atoms with E-state index in [4.69, 9.17) is 10.2 Å². The predicted molar refractivity (Wildman–Crippen MR) is 78.2 cm³/mol. The minimum atomic E-state index is -4.78. The van der Waals surface area contributed by atoms with Crippen LogP contribution < -0.4 is 5.73 Å². The molecule has 25 heavy (non-hydrogen) atoms. The lowest BCUT2D eigenvalue weighted by Gasteiger charge is -2.49. The van der Waals surface area contributed by atoms with E-state index < -0.39 is 49.6 Å². The quantitative estimate of drug-likeness (QED) is 0.813. The number of carbonyl (C=O) groups excluding carboxylic acids is 2. The first-order valence-electron chi connectivity index (χ1n) is 7.37. The van der Waals surface area contributed by atoms with Crippen molar-refractivity contribution in [3.63, 3.8) is 0 Å². The molecule has 1 aromatic rings. The highest BCUT2D eigenvalue weighted by atomic mass is 32.2. The number of sulfone groups is 1. The molecule has 0 aromatic carbocycles. The van der Waals surface area contributed by atoms with Gasteiger partial charge in [-0.2, -0.15) is 13.2 Å². The molecular weight excluding hydrogens is 365 g/mol. The summed E-state index contributed by atoms with van der Waals surface area (Å²) in [5.41, 5.74) is 3.40. The topological polar surface area (TPSA) is 111 Å². The molecule has 11 heteroatoms. The summed E-state index contributed by atoms with van der Waals surface area (Å²) in [6.45, 7) is 0.504. The molecule has 1 unspecified atom stereocenters. The fourth-order valence-electron chi connectivity index (χ4n) is 3.61. The molecule has 2 N–H and O–H groups in total.